The van der Waals surface area contributed by atoms with E-state index in [0.29, 0.717) is 11.3 Å². The topological polar surface area (TPSA) is 78.0 Å². The number of aromatic nitrogens is 2. The number of hydrogen-bond donors (Lipinski definition) is 1. The minimum Gasteiger partial charge on any atom is -0.364 e. The first-order valence-corrected chi connectivity index (χ1v) is 5.05. The normalized spacial score (nSPS) is 10.2. The molecule has 1 heterocycles. The number of rotatable bonds is 3. The zero-order chi connectivity index (χ0) is 12.4. The Morgan fingerprint density at radius 2 is 1.94 bits per heavy atom. The molecule has 0 radical (unpaired) electrons. The second-order valence-corrected chi connectivity index (χ2v) is 3.58. The Labute approximate surface area is 97.9 Å². The molecule has 1 amide bonds. The van der Waals surface area contributed by atoms with E-state index in [1.807, 2.05) is 0 Å². The van der Waals surface area contributed by atoms with Crippen molar-refractivity contribution in [2.45, 2.75) is 6.92 Å². The molecule has 2 N–H and O–H groups in total. The van der Waals surface area contributed by atoms with E-state index in [2.05, 4.69) is 5.10 Å². The van der Waals surface area contributed by atoms with Crippen molar-refractivity contribution in [3.63, 3.8) is 0 Å². The molecular weight excluding hydrogens is 218 g/mol. The Morgan fingerprint density at radius 1 is 1.24 bits per heavy atom. The first-order chi connectivity index (χ1) is 8.09. The van der Waals surface area contributed by atoms with Crippen molar-refractivity contribution < 1.29 is 9.59 Å². The quantitative estimate of drug-likeness (QED) is 0.802. The van der Waals surface area contributed by atoms with E-state index in [1.54, 1.807) is 30.5 Å². The van der Waals surface area contributed by atoms with Crippen LogP contribution in [0.3, 0.4) is 0 Å². The highest BCUT2D eigenvalue weighted by molar-refractivity contribution is 5.97. The summed E-state index contributed by atoms with van der Waals surface area (Å²) in [7, 11) is 0. The minimum atomic E-state index is -0.593. The highest BCUT2D eigenvalue weighted by Crippen LogP contribution is 2.14. The molecule has 2 aromatic rings. The predicted octanol–water partition coefficient (Wildman–Crippen LogP) is 1.17. The summed E-state index contributed by atoms with van der Waals surface area (Å²) in [6, 6.07) is 8.56. The monoisotopic (exact) mass is 229 g/mol. The summed E-state index contributed by atoms with van der Waals surface area (Å²) in [5.74, 6) is -0.652. The number of para-hydroxylation sites is 1. The predicted molar refractivity (Wildman–Crippen MR) is 62.1 cm³/mol. The molecule has 0 spiro atoms. The van der Waals surface area contributed by atoms with E-state index in [9.17, 15) is 9.59 Å². The van der Waals surface area contributed by atoms with Crippen LogP contribution in [0.25, 0.3) is 5.69 Å². The maximum absolute atomic E-state index is 11.4. The summed E-state index contributed by atoms with van der Waals surface area (Å²) in [4.78, 5) is 22.4. The Bertz CT molecular complexity index is 587. The Hall–Kier alpha value is -2.43. The molecule has 0 aliphatic heterocycles. The average molecular weight is 229 g/mol. The molecule has 0 fully saturated rings. The maximum atomic E-state index is 11.4. The van der Waals surface area contributed by atoms with Crippen molar-refractivity contribution in [2.75, 3.05) is 0 Å². The van der Waals surface area contributed by atoms with Crippen molar-refractivity contribution in [3.05, 3.63) is 47.8 Å². The molecule has 1 aromatic carbocycles. The van der Waals surface area contributed by atoms with Gasteiger partial charge in [-0.15, -0.1) is 0 Å². The van der Waals surface area contributed by atoms with Crippen LogP contribution in [-0.2, 0) is 0 Å². The van der Waals surface area contributed by atoms with Gasteiger partial charge in [-0.1, -0.05) is 12.1 Å². The highest BCUT2D eigenvalue weighted by Gasteiger charge is 2.11. The van der Waals surface area contributed by atoms with Gasteiger partial charge in [-0.2, -0.15) is 5.10 Å². The highest BCUT2D eigenvalue weighted by atomic mass is 16.1. The smallest absolute Gasteiger partial charge is 0.269 e. The number of amides is 1. The van der Waals surface area contributed by atoms with Gasteiger partial charge >= 0.3 is 0 Å². The molecule has 0 unspecified atom stereocenters. The minimum absolute atomic E-state index is 0.0586. The van der Waals surface area contributed by atoms with Crippen molar-refractivity contribution in [3.8, 4) is 5.69 Å². The van der Waals surface area contributed by atoms with Gasteiger partial charge in [0.2, 0.25) is 0 Å². The van der Waals surface area contributed by atoms with Crippen LogP contribution in [0.5, 0.6) is 0 Å². The fraction of sp³-hybridized carbons (Fsp3) is 0.0833. The van der Waals surface area contributed by atoms with Crippen molar-refractivity contribution in [1.29, 1.82) is 0 Å². The van der Waals surface area contributed by atoms with E-state index >= 15 is 0 Å². The summed E-state index contributed by atoms with van der Waals surface area (Å²) < 4.78 is 1.47. The molecule has 5 heteroatoms. The molecular formula is C12H11N3O2. The summed E-state index contributed by atoms with van der Waals surface area (Å²) in [6.07, 6.45) is 1.60. The van der Waals surface area contributed by atoms with E-state index < -0.39 is 5.91 Å². The van der Waals surface area contributed by atoms with Gasteiger partial charge in [0.05, 0.1) is 5.69 Å². The number of primary amides is 1. The molecule has 0 bridgehead atoms. The second-order valence-electron chi connectivity index (χ2n) is 3.58. The molecule has 0 aliphatic rings. The lowest BCUT2D eigenvalue weighted by molar-refractivity contribution is 0.0993. The van der Waals surface area contributed by atoms with Crippen LogP contribution in [-0.4, -0.2) is 21.5 Å². The number of carbonyl (C=O) groups excluding carboxylic acids is 2. The number of benzene rings is 1. The van der Waals surface area contributed by atoms with Crippen molar-refractivity contribution >= 4 is 11.7 Å². The van der Waals surface area contributed by atoms with Gasteiger partial charge in [-0.05, 0) is 25.1 Å². The fourth-order valence-electron chi connectivity index (χ4n) is 1.56. The van der Waals surface area contributed by atoms with E-state index in [-0.39, 0.29) is 11.5 Å². The van der Waals surface area contributed by atoms with Crippen LogP contribution in [0.2, 0.25) is 0 Å². The van der Waals surface area contributed by atoms with Crippen molar-refractivity contribution in [2.24, 2.45) is 5.73 Å². The van der Waals surface area contributed by atoms with E-state index in [4.69, 9.17) is 5.73 Å². The molecule has 2 rings (SSSR count). The van der Waals surface area contributed by atoms with Crippen LogP contribution in [0.1, 0.15) is 27.8 Å². The number of Topliss-reactive ketones (excluding diaryl/α,β-unsaturated/α-hetero) is 1. The number of hydrogen-bond acceptors (Lipinski definition) is 3. The standard InChI is InChI=1S/C12H11N3O2/c1-8(16)9-4-2-3-5-11(9)15-7-6-10(14-15)12(13)17/h2-7H,1H3,(H2,13,17). The Kier molecular flexibility index (Phi) is 2.74. The number of ketones is 1. The van der Waals surface area contributed by atoms with Gasteiger partial charge in [0.25, 0.3) is 5.91 Å². The SMILES string of the molecule is CC(=O)c1ccccc1-n1ccc(C(N)=O)n1. The summed E-state index contributed by atoms with van der Waals surface area (Å²) in [6.45, 7) is 1.48. The van der Waals surface area contributed by atoms with Crippen LogP contribution in [0.15, 0.2) is 36.5 Å². The molecule has 1 aromatic heterocycles. The molecule has 0 saturated heterocycles. The number of nitrogens with zero attached hydrogens (tertiary/aromatic N) is 2. The molecule has 0 atom stereocenters. The lowest BCUT2D eigenvalue weighted by Gasteiger charge is -2.05. The lowest BCUT2D eigenvalue weighted by Crippen LogP contribution is -2.12. The summed E-state index contributed by atoms with van der Waals surface area (Å²) in [5.41, 5.74) is 6.47. The molecule has 17 heavy (non-hydrogen) atoms. The third kappa shape index (κ3) is 2.08. The third-order valence-electron chi connectivity index (χ3n) is 2.37. The maximum Gasteiger partial charge on any atom is 0.269 e. The zero-order valence-electron chi connectivity index (χ0n) is 9.25. The van der Waals surface area contributed by atoms with Gasteiger partial charge in [-0.25, -0.2) is 4.68 Å². The second kappa shape index (κ2) is 4.21. The molecule has 86 valence electrons. The zero-order valence-corrected chi connectivity index (χ0v) is 9.25. The lowest BCUT2D eigenvalue weighted by atomic mass is 10.1. The van der Waals surface area contributed by atoms with Crippen LogP contribution >= 0.6 is 0 Å². The van der Waals surface area contributed by atoms with E-state index in [1.165, 1.54) is 17.7 Å². The van der Waals surface area contributed by atoms with Gasteiger partial charge in [0.1, 0.15) is 5.69 Å². The van der Waals surface area contributed by atoms with Crippen LogP contribution in [0.4, 0.5) is 0 Å². The number of carbonyl (C=O) groups is 2. The van der Waals surface area contributed by atoms with Crippen LogP contribution < -0.4 is 5.73 Å². The summed E-state index contributed by atoms with van der Waals surface area (Å²) in [5, 5.41) is 4.01. The number of nitrogens with two attached hydrogens (primary N) is 1. The van der Waals surface area contributed by atoms with E-state index in [0.717, 1.165) is 0 Å². The van der Waals surface area contributed by atoms with Crippen LogP contribution in [0, 0.1) is 0 Å². The van der Waals surface area contributed by atoms with Gasteiger partial charge in [0, 0.05) is 11.8 Å². The average Bonchev–Trinajstić information content (AvgIpc) is 2.78. The van der Waals surface area contributed by atoms with Gasteiger partial charge < -0.3 is 5.73 Å². The fourth-order valence-corrected chi connectivity index (χ4v) is 1.56. The molecule has 0 aliphatic carbocycles. The third-order valence-corrected chi connectivity index (χ3v) is 2.37. The Balaban J connectivity index is 2.52. The first-order valence-electron chi connectivity index (χ1n) is 5.05. The summed E-state index contributed by atoms with van der Waals surface area (Å²) >= 11 is 0. The van der Waals surface area contributed by atoms with Gasteiger partial charge in [0.15, 0.2) is 5.78 Å². The molecule has 5 nitrogen and oxygen atoms in total. The van der Waals surface area contributed by atoms with Gasteiger partial charge in [-0.3, -0.25) is 9.59 Å². The largest absolute Gasteiger partial charge is 0.364 e. The molecule has 0 saturated carbocycles. The van der Waals surface area contributed by atoms with Crippen molar-refractivity contribution in [1.82, 2.24) is 9.78 Å². The Morgan fingerprint density at radius 3 is 2.53 bits per heavy atom. The first kappa shape index (κ1) is 11.1.